The number of carbonyl (C=O) groups excluding carboxylic acids is 1. The van der Waals surface area contributed by atoms with Gasteiger partial charge in [-0.1, -0.05) is 0 Å². The van der Waals surface area contributed by atoms with Crippen LogP contribution < -0.4 is 5.73 Å². The van der Waals surface area contributed by atoms with Crippen LogP contribution in [0.3, 0.4) is 0 Å². The van der Waals surface area contributed by atoms with Crippen LogP contribution in [0.5, 0.6) is 0 Å². The number of ether oxygens (including phenoxy) is 2. The number of carbonyl (C=O) groups is 1. The molecule has 2 N–H and O–H groups in total. The van der Waals surface area contributed by atoms with E-state index in [-0.39, 0.29) is 12.1 Å². The largest absolute Gasteiger partial charge is 0.465 e. The zero-order valence-electron chi connectivity index (χ0n) is 7.87. The molecule has 4 heteroatoms. The molecule has 0 spiro atoms. The van der Waals surface area contributed by atoms with Crippen LogP contribution in [0.2, 0.25) is 0 Å². The Hall–Kier alpha value is -0.610. The second-order valence-electron chi connectivity index (χ2n) is 2.64. The molecule has 0 aliphatic carbocycles. The summed E-state index contributed by atoms with van der Waals surface area (Å²) >= 11 is 0. The third-order valence-electron chi connectivity index (χ3n) is 1.58. The highest BCUT2D eigenvalue weighted by Gasteiger charge is 2.17. The van der Waals surface area contributed by atoms with Crippen molar-refractivity contribution in [2.24, 2.45) is 5.73 Å². The minimum Gasteiger partial charge on any atom is -0.465 e. The van der Waals surface area contributed by atoms with E-state index in [1.807, 2.05) is 6.92 Å². The van der Waals surface area contributed by atoms with Crippen LogP contribution in [0.15, 0.2) is 0 Å². The molecule has 2 atom stereocenters. The van der Waals surface area contributed by atoms with Crippen LogP contribution in [0.4, 0.5) is 0 Å². The van der Waals surface area contributed by atoms with E-state index in [9.17, 15) is 4.79 Å². The summed E-state index contributed by atoms with van der Waals surface area (Å²) in [5.74, 6) is -0.360. The van der Waals surface area contributed by atoms with E-state index in [0.29, 0.717) is 13.0 Å². The molecule has 0 heterocycles. The van der Waals surface area contributed by atoms with Gasteiger partial charge in [0.05, 0.1) is 12.7 Å². The smallest absolute Gasteiger partial charge is 0.322 e. The topological polar surface area (TPSA) is 61.5 Å². The average Bonchev–Trinajstić information content (AvgIpc) is 2.04. The van der Waals surface area contributed by atoms with E-state index >= 15 is 0 Å². The summed E-state index contributed by atoms with van der Waals surface area (Å²) in [5.41, 5.74) is 5.53. The fraction of sp³-hybridized carbons (Fsp3) is 0.875. The molecule has 0 saturated heterocycles. The van der Waals surface area contributed by atoms with Gasteiger partial charge < -0.3 is 15.2 Å². The van der Waals surface area contributed by atoms with Gasteiger partial charge in [0.25, 0.3) is 0 Å². The van der Waals surface area contributed by atoms with Crippen LogP contribution in [0.1, 0.15) is 20.3 Å². The Balaban J connectivity index is 3.70. The fourth-order valence-electron chi connectivity index (χ4n) is 0.799. The molecule has 0 saturated carbocycles. The molecule has 0 aromatic heterocycles. The van der Waals surface area contributed by atoms with Crippen molar-refractivity contribution in [1.29, 1.82) is 0 Å². The van der Waals surface area contributed by atoms with Crippen molar-refractivity contribution in [3.8, 4) is 0 Å². The first-order valence-electron chi connectivity index (χ1n) is 4.06. The van der Waals surface area contributed by atoms with E-state index in [4.69, 9.17) is 15.2 Å². The van der Waals surface area contributed by atoms with Gasteiger partial charge in [-0.05, 0) is 20.3 Å². The minimum absolute atomic E-state index is 0.00981. The van der Waals surface area contributed by atoms with Crippen LogP contribution in [0, 0.1) is 0 Å². The fourth-order valence-corrected chi connectivity index (χ4v) is 0.799. The van der Waals surface area contributed by atoms with Gasteiger partial charge in [0.2, 0.25) is 0 Å². The van der Waals surface area contributed by atoms with Crippen molar-refractivity contribution in [2.75, 3.05) is 13.7 Å². The Morgan fingerprint density at radius 1 is 1.58 bits per heavy atom. The van der Waals surface area contributed by atoms with Gasteiger partial charge in [-0.15, -0.1) is 0 Å². The van der Waals surface area contributed by atoms with Crippen molar-refractivity contribution >= 4 is 5.97 Å². The van der Waals surface area contributed by atoms with Gasteiger partial charge >= 0.3 is 5.97 Å². The highest BCUT2D eigenvalue weighted by molar-refractivity contribution is 5.75. The summed E-state index contributed by atoms with van der Waals surface area (Å²) in [6.07, 6.45) is 0.486. The summed E-state index contributed by atoms with van der Waals surface area (Å²) in [7, 11) is 1.59. The average molecular weight is 175 g/mol. The SMILES string of the molecule is CCOC(=O)C(N)CC(C)OC. The molecule has 0 aromatic carbocycles. The predicted octanol–water partition coefficient (Wildman–Crippen LogP) is 0.302. The lowest BCUT2D eigenvalue weighted by molar-refractivity contribution is -0.145. The summed E-state index contributed by atoms with van der Waals surface area (Å²) < 4.78 is 9.69. The maximum atomic E-state index is 11.0. The first kappa shape index (κ1) is 11.4. The molecular weight excluding hydrogens is 158 g/mol. The second-order valence-corrected chi connectivity index (χ2v) is 2.64. The lowest BCUT2D eigenvalue weighted by atomic mass is 10.1. The number of esters is 1. The van der Waals surface area contributed by atoms with Crippen LogP contribution in [-0.2, 0) is 14.3 Å². The lowest BCUT2D eigenvalue weighted by Gasteiger charge is -2.14. The van der Waals surface area contributed by atoms with Crippen molar-refractivity contribution in [3.63, 3.8) is 0 Å². The lowest BCUT2D eigenvalue weighted by Crippen LogP contribution is -2.35. The molecule has 2 unspecified atom stereocenters. The molecule has 0 fully saturated rings. The van der Waals surface area contributed by atoms with Crippen molar-refractivity contribution in [1.82, 2.24) is 0 Å². The Labute approximate surface area is 73.0 Å². The molecule has 0 rings (SSSR count). The van der Waals surface area contributed by atoms with Gasteiger partial charge in [-0.3, -0.25) is 4.79 Å². The van der Waals surface area contributed by atoms with Crippen LogP contribution >= 0.6 is 0 Å². The standard InChI is InChI=1S/C8H17NO3/c1-4-12-8(10)7(9)5-6(2)11-3/h6-7H,4-5,9H2,1-3H3. The molecule has 0 bridgehead atoms. The van der Waals surface area contributed by atoms with E-state index in [2.05, 4.69) is 0 Å². The Morgan fingerprint density at radius 2 is 2.17 bits per heavy atom. The summed E-state index contributed by atoms with van der Waals surface area (Å²) in [5, 5.41) is 0. The van der Waals surface area contributed by atoms with E-state index in [1.54, 1.807) is 14.0 Å². The van der Waals surface area contributed by atoms with Crippen molar-refractivity contribution in [3.05, 3.63) is 0 Å². The molecule has 72 valence electrons. The maximum absolute atomic E-state index is 11.0. The number of nitrogens with two attached hydrogens (primary N) is 1. The first-order valence-corrected chi connectivity index (χ1v) is 4.06. The third kappa shape index (κ3) is 4.31. The summed E-state index contributed by atoms with van der Waals surface area (Å²) in [4.78, 5) is 11.0. The van der Waals surface area contributed by atoms with Gasteiger partial charge in [-0.2, -0.15) is 0 Å². The van der Waals surface area contributed by atoms with Gasteiger partial charge in [0, 0.05) is 7.11 Å². The first-order chi connectivity index (χ1) is 5.61. The second kappa shape index (κ2) is 5.97. The minimum atomic E-state index is -0.570. The zero-order chi connectivity index (χ0) is 9.56. The van der Waals surface area contributed by atoms with Gasteiger partial charge in [-0.25, -0.2) is 0 Å². The van der Waals surface area contributed by atoms with E-state index in [0.717, 1.165) is 0 Å². The highest BCUT2D eigenvalue weighted by Crippen LogP contribution is 2.00. The van der Waals surface area contributed by atoms with Crippen LogP contribution in [0.25, 0.3) is 0 Å². The maximum Gasteiger partial charge on any atom is 0.322 e. The molecule has 0 radical (unpaired) electrons. The van der Waals surface area contributed by atoms with Gasteiger partial charge in [0.1, 0.15) is 6.04 Å². The predicted molar refractivity (Wildman–Crippen MR) is 45.7 cm³/mol. The third-order valence-corrected chi connectivity index (χ3v) is 1.58. The normalized spacial score (nSPS) is 15.3. The monoisotopic (exact) mass is 175 g/mol. The van der Waals surface area contributed by atoms with Gasteiger partial charge in [0.15, 0.2) is 0 Å². The quantitative estimate of drug-likeness (QED) is 0.610. The summed E-state index contributed by atoms with van der Waals surface area (Å²) in [6.45, 7) is 3.98. The molecule has 4 nitrogen and oxygen atoms in total. The number of methoxy groups -OCH3 is 1. The molecular formula is C8H17NO3. The Kier molecular flexibility index (Phi) is 5.66. The van der Waals surface area contributed by atoms with E-state index in [1.165, 1.54) is 0 Å². The molecule has 0 aromatic rings. The Morgan fingerprint density at radius 3 is 2.58 bits per heavy atom. The van der Waals surface area contributed by atoms with Crippen LogP contribution in [-0.4, -0.2) is 31.8 Å². The highest BCUT2D eigenvalue weighted by atomic mass is 16.5. The number of hydrogen-bond donors (Lipinski definition) is 1. The molecule has 0 amide bonds. The summed E-state index contributed by atoms with van der Waals surface area (Å²) in [6, 6.07) is -0.570. The van der Waals surface area contributed by atoms with Crippen molar-refractivity contribution in [2.45, 2.75) is 32.4 Å². The molecule has 12 heavy (non-hydrogen) atoms. The van der Waals surface area contributed by atoms with Crippen molar-refractivity contribution < 1.29 is 14.3 Å². The molecule has 0 aliphatic heterocycles. The molecule has 0 aliphatic rings. The van der Waals surface area contributed by atoms with E-state index < -0.39 is 6.04 Å². The Bertz CT molecular complexity index is 138. The number of hydrogen-bond acceptors (Lipinski definition) is 4. The number of rotatable bonds is 5. The zero-order valence-corrected chi connectivity index (χ0v) is 7.87.